The lowest BCUT2D eigenvalue weighted by molar-refractivity contribution is 0.602. The molecule has 5 heteroatoms. The molecule has 0 aliphatic heterocycles. The van der Waals surface area contributed by atoms with Crippen LogP contribution < -0.4 is 0 Å². The molecule has 0 aromatic carbocycles. The summed E-state index contributed by atoms with van der Waals surface area (Å²) in [7, 11) is -3.00. The van der Waals surface area contributed by atoms with Crippen molar-refractivity contribution in [3.63, 3.8) is 0 Å². The Hall–Kier alpha value is 0.130. The Labute approximate surface area is 71.9 Å². The molecule has 0 N–H and O–H groups in total. The van der Waals surface area contributed by atoms with Crippen LogP contribution in [0.25, 0.3) is 0 Å². The van der Waals surface area contributed by atoms with E-state index in [4.69, 9.17) is 0 Å². The van der Waals surface area contributed by atoms with Crippen LogP contribution in [0, 0.1) is 0 Å². The van der Waals surface area contributed by atoms with Gasteiger partial charge >= 0.3 is 0 Å². The third-order valence-electron chi connectivity index (χ3n) is 0.972. The van der Waals surface area contributed by atoms with Crippen LogP contribution in [0.1, 0.15) is 0 Å². The van der Waals surface area contributed by atoms with Crippen LogP contribution in [0.3, 0.4) is 0 Å². The van der Waals surface area contributed by atoms with Gasteiger partial charge in [0.2, 0.25) is 0 Å². The van der Waals surface area contributed by atoms with Gasteiger partial charge in [0, 0.05) is 11.6 Å². The maximum Gasteiger partial charge on any atom is 0.176 e. The third-order valence-corrected chi connectivity index (χ3v) is 3.72. The summed E-state index contributed by atoms with van der Waals surface area (Å²) in [6, 6.07) is 1.60. The van der Waals surface area contributed by atoms with Gasteiger partial charge in [-0.3, -0.25) is 0 Å². The summed E-state index contributed by atoms with van der Waals surface area (Å²) >= 11 is 4.55. The highest BCUT2D eigenvalue weighted by Gasteiger charge is 2.07. The monoisotopic (exact) mass is 240 g/mol. The van der Waals surface area contributed by atoms with Crippen LogP contribution >= 0.6 is 27.3 Å². The number of hydrogen-bond acceptors (Lipinski definition) is 3. The molecular weight excluding hydrogens is 236 g/mol. The van der Waals surface area contributed by atoms with Gasteiger partial charge in [-0.25, -0.2) is 8.42 Å². The molecule has 0 saturated carbocycles. The van der Waals surface area contributed by atoms with E-state index in [1.165, 1.54) is 17.6 Å². The van der Waals surface area contributed by atoms with Crippen molar-refractivity contribution in [3.05, 3.63) is 15.2 Å². The Morgan fingerprint density at radius 3 is 2.40 bits per heavy atom. The highest BCUT2D eigenvalue weighted by Crippen LogP contribution is 2.23. The molecule has 1 aromatic heterocycles. The highest BCUT2D eigenvalue weighted by molar-refractivity contribution is 9.11. The van der Waals surface area contributed by atoms with Crippen LogP contribution in [0.15, 0.2) is 20.1 Å². The van der Waals surface area contributed by atoms with Crippen LogP contribution in [-0.2, 0) is 9.84 Å². The van der Waals surface area contributed by atoms with Gasteiger partial charge in [-0.15, -0.1) is 11.3 Å². The number of hydrogen-bond donors (Lipinski definition) is 0. The molecule has 2 nitrogen and oxygen atoms in total. The summed E-state index contributed by atoms with van der Waals surface area (Å²) in [5.74, 6) is 0. The minimum absolute atomic E-state index is 0.379. The summed E-state index contributed by atoms with van der Waals surface area (Å²) in [6.07, 6.45) is 1.20. The minimum atomic E-state index is -3.00. The molecule has 0 amide bonds. The predicted molar refractivity (Wildman–Crippen MR) is 45.1 cm³/mol. The molecule has 0 radical (unpaired) electrons. The SMILES string of the molecule is CS(=O)(=O)c1csc(Br)c1. The average molecular weight is 241 g/mol. The van der Waals surface area contributed by atoms with E-state index in [0.717, 1.165) is 3.79 Å². The van der Waals surface area contributed by atoms with Gasteiger partial charge in [0.15, 0.2) is 9.84 Å². The average Bonchev–Trinajstić information content (AvgIpc) is 2.11. The van der Waals surface area contributed by atoms with Gasteiger partial charge in [-0.1, -0.05) is 0 Å². The van der Waals surface area contributed by atoms with Gasteiger partial charge in [0.1, 0.15) is 0 Å². The highest BCUT2D eigenvalue weighted by atomic mass is 79.9. The standard InChI is InChI=1S/C5H5BrO2S2/c1-10(7,8)4-2-5(6)9-3-4/h2-3H,1H3. The summed E-state index contributed by atoms with van der Waals surface area (Å²) in [5.41, 5.74) is 0. The van der Waals surface area contributed by atoms with E-state index in [0.29, 0.717) is 4.90 Å². The Morgan fingerprint density at radius 2 is 2.20 bits per heavy atom. The van der Waals surface area contributed by atoms with E-state index in [2.05, 4.69) is 15.9 Å². The molecule has 0 aliphatic rings. The van der Waals surface area contributed by atoms with Gasteiger partial charge in [-0.05, 0) is 22.0 Å². The number of thiophene rings is 1. The van der Waals surface area contributed by atoms with Crippen molar-refractivity contribution in [2.75, 3.05) is 6.26 Å². The molecular formula is C5H5BrO2S2. The first-order chi connectivity index (χ1) is 4.50. The first-order valence-corrected chi connectivity index (χ1v) is 6.00. The number of halogens is 1. The van der Waals surface area contributed by atoms with Gasteiger partial charge in [-0.2, -0.15) is 0 Å². The van der Waals surface area contributed by atoms with Crippen molar-refractivity contribution in [2.24, 2.45) is 0 Å². The maximum absolute atomic E-state index is 10.8. The first kappa shape index (κ1) is 8.23. The van der Waals surface area contributed by atoms with E-state index in [1.54, 1.807) is 11.4 Å². The molecule has 10 heavy (non-hydrogen) atoms. The molecule has 1 heterocycles. The fraction of sp³-hybridized carbons (Fsp3) is 0.200. The molecule has 1 aromatic rings. The normalized spacial score (nSPS) is 11.8. The fourth-order valence-electron chi connectivity index (χ4n) is 0.489. The molecule has 0 bridgehead atoms. The Balaban J connectivity index is 3.21. The smallest absolute Gasteiger partial charge is 0.176 e. The Morgan fingerprint density at radius 1 is 1.60 bits per heavy atom. The number of sulfone groups is 1. The molecule has 0 fully saturated rings. The van der Waals surface area contributed by atoms with E-state index >= 15 is 0 Å². The van der Waals surface area contributed by atoms with E-state index < -0.39 is 9.84 Å². The molecule has 0 aliphatic carbocycles. The summed E-state index contributed by atoms with van der Waals surface area (Å²) in [5, 5.41) is 1.61. The van der Waals surface area contributed by atoms with Crippen LogP contribution in [0.4, 0.5) is 0 Å². The lowest BCUT2D eigenvalue weighted by Gasteiger charge is -1.87. The second-order valence-corrected chi connectivity index (χ2v) is 6.16. The molecule has 56 valence electrons. The van der Waals surface area contributed by atoms with Crippen molar-refractivity contribution in [2.45, 2.75) is 4.90 Å². The van der Waals surface area contributed by atoms with Crippen molar-refractivity contribution < 1.29 is 8.42 Å². The zero-order valence-corrected chi connectivity index (χ0v) is 8.38. The van der Waals surface area contributed by atoms with E-state index in [1.807, 2.05) is 0 Å². The lowest BCUT2D eigenvalue weighted by Crippen LogP contribution is -1.93. The topological polar surface area (TPSA) is 34.1 Å². The second kappa shape index (κ2) is 2.64. The molecule has 0 saturated heterocycles. The van der Waals surface area contributed by atoms with E-state index in [-0.39, 0.29) is 0 Å². The van der Waals surface area contributed by atoms with Crippen molar-refractivity contribution >= 4 is 37.1 Å². The zero-order chi connectivity index (χ0) is 7.78. The quantitative estimate of drug-likeness (QED) is 0.752. The summed E-state index contributed by atoms with van der Waals surface area (Å²) < 4.78 is 22.5. The zero-order valence-electron chi connectivity index (χ0n) is 5.17. The largest absolute Gasteiger partial charge is 0.224 e. The minimum Gasteiger partial charge on any atom is -0.224 e. The number of rotatable bonds is 1. The predicted octanol–water partition coefficient (Wildman–Crippen LogP) is 1.91. The third kappa shape index (κ3) is 1.81. The second-order valence-electron chi connectivity index (χ2n) is 1.86. The molecule has 0 spiro atoms. The van der Waals surface area contributed by atoms with Crippen molar-refractivity contribution in [1.29, 1.82) is 0 Å². The molecule has 0 atom stereocenters. The van der Waals surface area contributed by atoms with Gasteiger partial charge < -0.3 is 0 Å². The van der Waals surface area contributed by atoms with Crippen LogP contribution in [0.5, 0.6) is 0 Å². The molecule has 0 unspecified atom stereocenters. The van der Waals surface area contributed by atoms with Crippen LogP contribution in [0.2, 0.25) is 0 Å². The fourth-order valence-corrected chi connectivity index (χ4v) is 2.91. The van der Waals surface area contributed by atoms with E-state index in [9.17, 15) is 8.42 Å². The van der Waals surface area contributed by atoms with Gasteiger partial charge in [0.05, 0.1) is 8.68 Å². The Kier molecular flexibility index (Phi) is 2.17. The maximum atomic E-state index is 10.8. The molecule has 1 rings (SSSR count). The van der Waals surface area contributed by atoms with Crippen LogP contribution in [-0.4, -0.2) is 14.7 Å². The lowest BCUT2D eigenvalue weighted by atomic mass is 10.7. The summed E-state index contributed by atoms with van der Waals surface area (Å²) in [6.45, 7) is 0. The van der Waals surface area contributed by atoms with Gasteiger partial charge in [0.25, 0.3) is 0 Å². The Bertz CT molecular complexity index is 325. The van der Waals surface area contributed by atoms with Crippen molar-refractivity contribution in [1.82, 2.24) is 0 Å². The van der Waals surface area contributed by atoms with Crippen molar-refractivity contribution in [3.8, 4) is 0 Å². The first-order valence-electron chi connectivity index (χ1n) is 2.44. The summed E-state index contributed by atoms with van der Waals surface area (Å²) in [4.78, 5) is 0.379.